The molecule has 1 aliphatic rings. The third kappa shape index (κ3) is 3.53. The van der Waals surface area contributed by atoms with Crippen LogP contribution in [0.25, 0.3) is 10.9 Å². The molecular formula is C21H24N4O3. The summed E-state index contributed by atoms with van der Waals surface area (Å²) in [4.78, 5) is 11.4. The van der Waals surface area contributed by atoms with Crippen molar-refractivity contribution in [3.63, 3.8) is 0 Å². The van der Waals surface area contributed by atoms with Gasteiger partial charge in [0.15, 0.2) is 0 Å². The second kappa shape index (κ2) is 7.90. The van der Waals surface area contributed by atoms with E-state index in [-0.39, 0.29) is 6.04 Å². The van der Waals surface area contributed by atoms with Crippen LogP contribution in [0.15, 0.2) is 42.5 Å². The maximum absolute atomic E-state index is 5.41. The molecule has 28 heavy (non-hydrogen) atoms. The van der Waals surface area contributed by atoms with Crippen molar-refractivity contribution in [2.24, 2.45) is 0 Å². The summed E-state index contributed by atoms with van der Waals surface area (Å²) in [6, 6.07) is 14.5. The van der Waals surface area contributed by atoms with E-state index in [2.05, 4.69) is 32.3 Å². The number of nitrogens with zero attached hydrogens (tertiary/aromatic N) is 3. The Labute approximate surface area is 164 Å². The molecule has 1 fully saturated rings. The van der Waals surface area contributed by atoms with Gasteiger partial charge in [0.25, 0.3) is 0 Å². The molecule has 1 aliphatic heterocycles. The number of hydrogen-bond donors (Lipinski definition) is 1. The number of aromatic nitrogens is 2. The zero-order valence-electron chi connectivity index (χ0n) is 16.3. The van der Waals surface area contributed by atoms with Crippen molar-refractivity contribution >= 4 is 16.7 Å². The lowest BCUT2D eigenvalue weighted by atomic mass is 10.0. The summed E-state index contributed by atoms with van der Waals surface area (Å²) < 4.78 is 16.1. The first-order valence-electron chi connectivity index (χ1n) is 9.24. The lowest BCUT2D eigenvalue weighted by molar-refractivity contribution is 0.380. The van der Waals surface area contributed by atoms with Gasteiger partial charge in [0.05, 0.1) is 32.9 Å². The van der Waals surface area contributed by atoms with Crippen molar-refractivity contribution in [1.29, 1.82) is 0 Å². The fourth-order valence-electron chi connectivity index (χ4n) is 3.55. The van der Waals surface area contributed by atoms with Gasteiger partial charge in [-0.15, -0.1) is 0 Å². The number of hydrogen-bond acceptors (Lipinski definition) is 7. The molecule has 1 saturated heterocycles. The standard InChI is InChI=1S/C21H24N4O3/c1-26-15-6-4-5-14(11-15)19-13-25(10-9-22-19)20-17-12-16(27-2)7-8-18(17)23-21(24-20)28-3/h4-8,11-12,19,22H,9-10,13H2,1-3H3. The predicted molar refractivity (Wildman–Crippen MR) is 109 cm³/mol. The number of fused-ring (bicyclic) bond motifs is 1. The maximum Gasteiger partial charge on any atom is 0.318 e. The molecule has 1 atom stereocenters. The number of methoxy groups -OCH3 is 3. The van der Waals surface area contributed by atoms with Gasteiger partial charge in [-0.25, -0.2) is 0 Å². The third-order valence-electron chi connectivity index (χ3n) is 5.02. The fourth-order valence-corrected chi connectivity index (χ4v) is 3.55. The van der Waals surface area contributed by atoms with Gasteiger partial charge in [-0.2, -0.15) is 9.97 Å². The zero-order chi connectivity index (χ0) is 19.5. The van der Waals surface area contributed by atoms with Gasteiger partial charge < -0.3 is 24.4 Å². The molecular weight excluding hydrogens is 356 g/mol. The summed E-state index contributed by atoms with van der Waals surface area (Å²) in [5.41, 5.74) is 2.02. The van der Waals surface area contributed by atoms with Gasteiger partial charge in [0.2, 0.25) is 0 Å². The Balaban J connectivity index is 1.71. The number of benzene rings is 2. The van der Waals surface area contributed by atoms with E-state index >= 15 is 0 Å². The molecule has 4 rings (SSSR count). The van der Waals surface area contributed by atoms with Crippen LogP contribution in [0.5, 0.6) is 17.5 Å². The van der Waals surface area contributed by atoms with Crippen LogP contribution in [-0.2, 0) is 0 Å². The molecule has 1 unspecified atom stereocenters. The molecule has 7 nitrogen and oxygen atoms in total. The monoisotopic (exact) mass is 380 g/mol. The molecule has 0 aliphatic carbocycles. The van der Waals surface area contributed by atoms with Gasteiger partial charge in [-0.1, -0.05) is 12.1 Å². The summed E-state index contributed by atoms with van der Waals surface area (Å²) >= 11 is 0. The van der Waals surface area contributed by atoms with Crippen LogP contribution in [-0.4, -0.2) is 50.9 Å². The Morgan fingerprint density at radius 2 is 1.79 bits per heavy atom. The van der Waals surface area contributed by atoms with Crippen LogP contribution in [0, 0.1) is 0 Å². The fraction of sp³-hybridized carbons (Fsp3) is 0.333. The first-order valence-corrected chi connectivity index (χ1v) is 9.24. The van der Waals surface area contributed by atoms with Gasteiger partial charge in [-0.05, 0) is 35.9 Å². The number of piperazine rings is 1. The highest BCUT2D eigenvalue weighted by Crippen LogP contribution is 2.32. The number of ether oxygens (including phenoxy) is 3. The van der Waals surface area contributed by atoms with Crippen molar-refractivity contribution in [2.75, 3.05) is 45.9 Å². The van der Waals surface area contributed by atoms with E-state index in [1.165, 1.54) is 5.56 Å². The Bertz CT molecular complexity index is 979. The zero-order valence-corrected chi connectivity index (χ0v) is 16.3. The topological polar surface area (TPSA) is 68.7 Å². The van der Waals surface area contributed by atoms with Gasteiger partial charge in [0, 0.05) is 25.0 Å². The van der Waals surface area contributed by atoms with Crippen LogP contribution >= 0.6 is 0 Å². The van der Waals surface area contributed by atoms with E-state index < -0.39 is 0 Å². The van der Waals surface area contributed by atoms with Gasteiger partial charge in [0.1, 0.15) is 17.3 Å². The number of anilines is 1. The van der Waals surface area contributed by atoms with E-state index in [1.54, 1.807) is 21.3 Å². The second-order valence-electron chi connectivity index (χ2n) is 6.65. The highest BCUT2D eigenvalue weighted by molar-refractivity contribution is 5.91. The van der Waals surface area contributed by atoms with Crippen LogP contribution in [0.3, 0.4) is 0 Å². The lowest BCUT2D eigenvalue weighted by Crippen LogP contribution is -2.46. The Morgan fingerprint density at radius 3 is 2.57 bits per heavy atom. The first-order chi connectivity index (χ1) is 13.7. The molecule has 0 saturated carbocycles. The Hall–Kier alpha value is -3.06. The summed E-state index contributed by atoms with van der Waals surface area (Å²) in [7, 11) is 4.94. The molecule has 146 valence electrons. The molecule has 0 amide bonds. The van der Waals surface area contributed by atoms with Crippen molar-refractivity contribution in [3.05, 3.63) is 48.0 Å². The molecule has 7 heteroatoms. The lowest BCUT2D eigenvalue weighted by Gasteiger charge is -2.35. The van der Waals surface area contributed by atoms with E-state index in [9.17, 15) is 0 Å². The van der Waals surface area contributed by atoms with Crippen LogP contribution in [0.1, 0.15) is 11.6 Å². The average molecular weight is 380 g/mol. The molecule has 0 bridgehead atoms. The minimum Gasteiger partial charge on any atom is -0.497 e. The molecule has 3 aromatic rings. The van der Waals surface area contributed by atoms with E-state index in [1.807, 2.05) is 30.3 Å². The third-order valence-corrected chi connectivity index (χ3v) is 5.02. The van der Waals surface area contributed by atoms with Crippen molar-refractivity contribution < 1.29 is 14.2 Å². The highest BCUT2D eigenvalue weighted by Gasteiger charge is 2.24. The van der Waals surface area contributed by atoms with Crippen molar-refractivity contribution in [3.8, 4) is 17.5 Å². The molecule has 1 aromatic heterocycles. The number of rotatable bonds is 5. The predicted octanol–water partition coefficient (Wildman–Crippen LogP) is 2.81. The van der Waals surface area contributed by atoms with Crippen LogP contribution in [0.2, 0.25) is 0 Å². The SMILES string of the molecule is COc1cccc(C2CN(c3nc(OC)nc4ccc(OC)cc34)CCN2)c1. The summed E-state index contributed by atoms with van der Waals surface area (Å²) in [5.74, 6) is 2.49. The minimum atomic E-state index is 0.172. The molecule has 2 aromatic carbocycles. The normalized spacial score (nSPS) is 16.8. The highest BCUT2D eigenvalue weighted by atomic mass is 16.5. The molecule has 2 heterocycles. The Morgan fingerprint density at radius 1 is 0.964 bits per heavy atom. The summed E-state index contributed by atoms with van der Waals surface area (Å²) in [5, 5.41) is 4.54. The molecule has 1 N–H and O–H groups in total. The smallest absolute Gasteiger partial charge is 0.318 e. The number of nitrogens with one attached hydrogen (secondary N) is 1. The molecule has 0 spiro atoms. The summed E-state index contributed by atoms with van der Waals surface area (Å²) in [6.07, 6.45) is 0. The second-order valence-corrected chi connectivity index (χ2v) is 6.65. The molecule has 0 radical (unpaired) electrons. The van der Waals surface area contributed by atoms with Crippen molar-refractivity contribution in [2.45, 2.75) is 6.04 Å². The largest absolute Gasteiger partial charge is 0.497 e. The maximum atomic E-state index is 5.41. The van der Waals surface area contributed by atoms with Crippen molar-refractivity contribution in [1.82, 2.24) is 15.3 Å². The van der Waals surface area contributed by atoms with E-state index in [0.29, 0.717) is 6.01 Å². The van der Waals surface area contributed by atoms with Gasteiger partial charge in [-0.3, -0.25) is 0 Å². The minimum absolute atomic E-state index is 0.172. The Kier molecular flexibility index (Phi) is 5.16. The average Bonchev–Trinajstić information content (AvgIpc) is 2.78. The van der Waals surface area contributed by atoms with Gasteiger partial charge >= 0.3 is 6.01 Å². The quantitative estimate of drug-likeness (QED) is 0.730. The summed E-state index contributed by atoms with van der Waals surface area (Å²) in [6.45, 7) is 2.46. The van der Waals surface area contributed by atoms with Crippen LogP contribution in [0.4, 0.5) is 5.82 Å². The van der Waals surface area contributed by atoms with E-state index in [0.717, 1.165) is 47.9 Å². The first kappa shape index (κ1) is 18.3. The van der Waals surface area contributed by atoms with Crippen LogP contribution < -0.4 is 24.4 Å². The van der Waals surface area contributed by atoms with E-state index in [4.69, 9.17) is 14.2 Å².